The van der Waals surface area contributed by atoms with Gasteiger partial charge in [0.2, 0.25) is 0 Å². The minimum absolute atomic E-state index is 0.0165. The zero-order valence-electron chi connectivity index (χ0n) is 9.11. The Bertz CT molecular complexity index is 417. The van der Waals surface area contributed by atoms with Gasteiger partial charge in [-0.2, -0.15) is 0 Å². The molecule has 3 nitrogen and oxygen atoms in total. The van der Waals surface area contributed by atoms with Gasteiger partial charge in [0.05, 0.1) is 11.2 Å². The molecule has 0 aromatic heterocycles. The van der Waals surface area contributed by atoms with Crippen LogP contribution in [0.4, 0.5) is 0 Å². The third-order valence-electron chi connectivity index (χ3n) is 2.84. The first-order valence-electron chi connectivity index (χ1n) is 5.26. The Labute approximate surface area is 109 Å². The summed E-state index contributed by atoms with van der Waals surface area (Å²) in [5.74, 6) is 0.0165. The molecular formula is C12H14INO2. The van der Waals surface area contributed by atoms with Crippen molar-refractivity contribution in [3.8, 4) is 0 Å². The Balaban J connectivity index is 2.18. The van der Waals surface area contributed by atoms with Crippen molar-refractivity contribution in [1.29, 1.82) is 0 Å². The number of rotatable bonds is 1. The lowest BCUT2D eigenvalue weighted by Gasteiger charge is -2.19. The van der Waals surface area contributed by atoms with Crippen LogP contribution in [0.3, 0.4) is 0 Å². The monoisotopic (exact) mass is 331 g/mol. The molecule has 0 saturated carbocycles. The van der Waals surface area contributed by atoms with Gasteiger partial charge in [0.1, 0.15) is 0 Å². The molecular weight excluding hydrogens is 317 g/mol. The summed E-state index contributed by atoms with van der Waals surface area (Å²) >= 11 is 2.16. The first-order chi connectivity index (χ1) is 7.49. The molecule has 1 amide bonds. The van der Waals surface area contributed by atoms with E-state index in [1.54, 1.807) is 11.8 Å². The maximum Gasteiger partial charge on any atom is 0.255 e. The van der Waals surface area contributed by atoms with Crippen molar-refractivity contribution in [3.05, 3.63) is 33.4 Å². The molecule has 0 aliphatic carbocycles. The standard InChI is InChI=1S/C12H14INO2/c1-12(16)6-7-14(8-12)11(15)9-4-2-3-5-10(9)13/h2-5,16H,6-8H2,1H3. The molecule has 0 spiro atoms. The van der Waals surface area contributed by atoms with Crippen LogP contribution in [0.1, 0.15) is 23.7 Å². The molecule has 86 valence electrons. The van der Waals surface area contributed by atoms with Gasteiger partial charge >= 0.3 is 0 Å². The van der Waals surface area contributed by atoms with Crippen LogP contribution >= 0.6 is 22.6 Å². The minimum atomic E-state index is -0.726. The lowest BCUT2D eigenvalue weighted by molar-refractivity contribution is 0.0571. The Morgan fingerprint density at radius 2 is 2.19 bits per heavy atom. The largest absolute Gasteiger partial charge is 0.388 e. The van der Waals surface area contributed by atoms with E-state index in [4.69, 9.17) is 0 Å². The van der Waals surface area contributed by atoms with Crippen LogP contribution in [-0.2, 0) is 0 Å². The second kappa shape index (κ2) is 4.33. The van der Waals surface area contributed by atoms with Crippen LogP contribution in [0, 0.1) is 3.57 Å². The number of benzene rings is 1. The van der Waals surface area contributed by atoms with E-state index < -0.39 is 5.60 Å². The average molecular weight is 331 g/mol. The number of aliphatic hydroxyl groups is 1. The van der Waals surface area contributed by atoms with Crippen molar-refractivity contribution in [2.45, 2.75) is 18.9 Å². The molecule has 1 fully saturated rings. The van der Waals surface area contributed by atoms with Crippen LogP contribution in [0.25, 0.3) is 0 Å². The predicted molar refractivity (Wildman–Crippen MR) is 70.3 cm³/mol. The van der Waals surface area contributed by atoms with Crippen molar-refractivity contribution in [3.63, 3.8) is 0 Å². The average Bonchev–Trinajstić information content (AvgIpc) is 2.59. The third kappa shape index (κ3) is 2.38. The first-order valence-corrected chi connectivity index (χ1v) is 6.34. The molecule has 0 radical (unpaired) electrons. The number of carbonyl (C=O) groups excluding carboxylic acids is 1. The number of nitrogens with zero attached hydrogens (tertiary/aromatic N) is 1. The highest BCUT2D eigenvalue weighted by molar-refractivity contribution is 14.1. The van der Waals surface area contributed by atoms with Gasteiger partial charge in [-0.3, -0.25) is 4.79 Å². The summed E-state index contributed by atoms with van der Waals surface area (Å²) in [5, 5.41) is 9.83. The lowest BCUT2D eigenvalue weighted by atomic mass is 10.1. The molecule has 4 heteroatoms. The van der Waals surface area contributed by atoms with Gasteiger partial charge in [-0.15, -0.1) is 0 Å². The van der Waals surface area contributed by atoms with E-state index in [2.05, 4.69) is 22.6 Å². The summed E-state index contributed by atoms with van der Waals surface area (Å²) in [6, 6.07) is 7.53. The van der Waals surface area contributed by atoms with Gasteiger partial charge in [-0.1, -0.05) is 12.1 Å². The highest BCUT2D eigenvalue weighted by atomic mass is 127. The molecule has 1 atom stereocenters. The van der Waals surface area contributed by atoms with Crippen molar-refractivity contribution in [1.82, 2.24) is 4.90 Å². The summed E-state index contributed by atoms with van der Waals surface area (Å²) < 4.78 is 0.955. The normalized spacial score (nSPS) is 24.8. The Morgan fingerprint density at radius 1 is 1.50 bits per heavy atom. The van der Waals surface area contributed by atoms with Crippen LogP contribution in [-0.4, -0.2) is 34.6 Å². The lowest BCUT2D eigenvalue weighted by Crippen LogP contribution is -2.34. The summed E-state index contributed by atoms with van der Waals surface area (Å²) in [6.07, 6.45) is 0.655. The molecule has 1 N–H and O–H groups in total. The van der Waals surface area contributed by atoms with E-state index in [0.717, 1.165) is 9.13 Å². The quantitative estimate of drug-likeness (QED) is 0.799. The fourth-order valence-corrected chi connectivity index (χ4v) is 2.54. The predicted octanol–water partition coefficient (Wildman–Crippen LogP) is 1.89. The van der Waals surface area contributed by atoms with Gasteiger partial charge in [-0.05, 0) is 48.1 Å². The third-order valence-corrected chi connectivity index (χ3v) is 3.78. The van der Waals surface area contributed by atoms with E-state index in [9.17, 15) is 9.90 Å². The van der Waals surface area contributed by atoms with Crippen LogP contribution < -0.4 is 0 Å². The molecule has 1 aromatic rings. The molecule has 1 unspecified atom stereocenters. The van der Waals surface area contributed by atoms with Crippen LogP contribution in [0.15, 0.2) is 24.3 Å². The van der Waals surface area contributed by atoms with Gasteiger partial charge < -0.3 is 10.0 Å². The zero-order valence-corrected chi connectivity index (χ0v) is 11.3. The second-order valence-corrected chi connectivity index (χ2v) is 5.62. The Morgan fingerprint density at radius 3 is 2.75 bits per heavy atom. The zero-order chi connectivity index (χ0) is 11.8. The highest BCUT2D eigenvalue weighted by Crippen LogP contribution is 2.23. The molecule has 1 aromatic carbocycles. The van der Waals surface area contributed by atoms with Crippen molar-refractivity contribution < 1.29 is 9.90 Å². The molecule has 1 aliphatic rings. The molecule has 2 rings (SSSR count). The number of carbonyl (C=O) groups is 1. The van der Waals surface area contributed by atoms with Crippen LogP contribution in [0.2, 0.25) is 0 Å². The smallest absolute Gasteiger partial charge is 0.255 e. The van der Waals surface area contributed by atoms with E-state index >= 15 is 0 Å². The van der Waals surface area contributed by atoms with Gasteiger partial charge in [0, 0.05) is 16.7 Å². The Hall–Kier alpha value is -0.620. The minimum Gasteiger partial charge on any atom is -0.388 e. The van der Waals surface area contributed by atoms with E-state index in [1.165, 1.54) is 0 Å². The number of hydrogen-bond acceptors (Lipinski definition) is 2. The molecule has 16 heavy (non-hydrogen) atoms. The second-order valence-electron chi connectivity index (χ2n) is 4.45. The van der Waals surface area contributed by atoms with Gasteiger partial charge in [0.15, 0.2) is 0 Å². The molecule has 1 aliphatic heterocycles. The molecule has 1 heterocycles. The van der Waals surface area contributed by atoms with Crippen LogP contribution in [0.5, 0.6) is 0 Å². The van der Waals surface area contributed by atoms with Crippen molar-refractivity contribution >= 4 is 28.5 Å². The summed E-state index contributed by atoms with van der Waals surface area (Å²) in [7, 11) is 0. The fourth-order valence-electron chi connectivity index (χ4n) is 1.92. The topological polar surface area (TPSA) is 40.5 Å². The SMILES string of the molecule is CC1(O)CCN(C(=O)c2ccccc2I)C1. The maximum absolute atomic E-state index is 12.2. The Kier molecular flexibility index (Phi) is 3.21. The summed E-state index contributed by atoms with van der Waals surface area (Å²) in [6.45, 7) is 2.84. The van der Waals surface area contributed by atoms with Crippen molar-refractivity contribution in [2.24, 2.45) is 0 Å². The number of β-amino-alcohol motifs (C(OH)–C–C–N with tert-alkyl or cyclic N) is 1. The van der Waals surface area contributed by atoms with E-state index in [1.807, 2.05) is 24.3 Å². The summed E-state index contributed by atoms with van der Waals surface area (Å²) in [5.41, 5.74) is -0.00335. The van der Waals surface area contributed by atoms with E-state index in [-0.39, 0.29) is 5.91 Å². The van der Waals surface area contributed by atoms with Gasteiger partial charge in [-0.25, -0.2) is 0 Å². The van der Waals surface area contributed by atoms with Crippen molar-refractivity contribution in [2.75, 3.05) is 13.1 Å². The molecule has 0 bridgehead atoms. The number of amides is 1. The summed E-state index contributed by atoms with van der Waals surface area (Å²) in [4.78, 5) is 13.9. The number of likely N-dealkylation sites (tertiary alicyclic amines) is 1. The highest BCUT2D eigenvalue weighted by Gasteiger charge is 2.34. The number of halogens is 1. The first kappa shape index (κ1) is 11.9. The van der Waals surface area contributed by atoms with E-state index in [0.29, 0.717) is 19.5 Å². The van der Waals surface area contributed by atoms with Gasteiger partial charge in [0.25, 0.3) is 5.91 Å². The maximum atomic E-state index is 12.2. The molecule has 1 saturated heterocycles. The fraction of sp³-hybridized carbons (Fsp3) is 0.417. The number of hydrogen-bond donors (Lipinski definition) is 1.